The molecule has 2 atom stereocenters. The number of carbonyl (C=O) groups is 3. The van der Waals surface area contributed by atoms with Gasteiger partial charge >= 0.3 is 5.97 Å². The molecular formula is C39H42Cl2N4O4S2. The Morgan fingerprint density at radius 2 is 1.67 bits per heavy atom. The minimum atomic E-state index is -0.647. The molecule has 1 aliphatic heterocycles. The van der Waals surface area contributed by atoms with Crippen LogP contribution >= 0.6 is 46.3 Å². The summed E-state index contributed by atoms with van der Waals surface area (Å²) in [5, 5.41) is 9.34. The van der Waals surface area contributed by atoms with E-state index in [1.165, 1.54) is 23.1 Å². The molecule has 0 spiro atoms. The van der Waals surface area contributed by atoms with Crippen molar-refractivity contribution >= 4 is 69.8 Å². The maximum Gasteiger partial charge on any atom is 0.310 e. The van der Waals surface area contributed by atoms with Gasteiger partial charge in [0.25, 0.3) is 0 Å². The van der Waals surface area contributed by atoms with Crippen LogP contribution in [-0.2, 0) is 38.5 Å². The van der Waals surface area contributed by atoms with Crippen LogP contribution in [0.4, 0.5) is 5.69 Å². The summed E-state index contributed by atoms with van der Waals surface area (Å²) < 4.78 is 6.54. The van der Waals surface area contributed by atoms with Gasteiger partial charge in [0.15, 0.2) is 4.34 Å². The molecule has 1 saturated heterocycles. The Morgan fingerprint density at radius 1 is 0.941 bits per heavy atom. The molecule has 1 fully saturated rings. The average molecular weight is 766 g/mol. The van der Waals surface area contributed by atoms with Gasteiger partial charge in [-0.2, -0.15) is 0 Å². The van der Waals surface area contributed by atoms with Crippen LogP contribution in [0, 0.1) is 11.8 Å². The maximum atomic E-state index is 13.7. The van der Waals surface area contributed by atoms with Gasteiger partial charge in [0.2, 0.25) is 11.8 Å². The van der Waals surface area contributed by atoms with Crippen LogP contribution in [0.5, 0.6) is 0 Å². The Bertz CT molecular complexity index is 1890. The van der Waals surface area contributed by atoms with Crippen molar-refractivity contribution in [2.75, 3.05) is 24.2 Å². The number of fused-ring (bicyclic) bond motifs is 1. The van der Waals surface area contributed by atoms with Crippen LogP contribution < -0.4 is 10.6 Å². The number of carbonyl (C=O) groups excluding carboxylic acids is 3. The summed E-state index contributed by atoms with van der Waals surface area (Å²) in [6.07, 6.45) is 2.70. The van der Waals surface area contributed by atoms with E-state index in [0.717, 1.165) is 64.8 Å². The van der Waals surface area contributed by atoms with Gasteiger partial charge in [-0.25, -0.2) is 4.98 Å². The monoisotopic (exact) mass is 764 g/mol. The minimum Gasteiger partial charge on any atom is -0.460 e. The molecule has 2 heterocycles. The topological polar surface area (TPSA) is 101 Å². The first-order valence-corrected chi connectivity index (χ1v) is 19.8. The van der Waals surface area contributed by atoms with Crippen LogP contribution in [0.2, 0.25) is 10.0 Å². The number of ether oxygens (including phenoxy) is 1. The van der Waals surface area contributed by atoms with Gasteiger partial charge in [0.05, 0.1) is 33.3 Å². The lowest BCUT2D eigenvalue weighted by molar-refractivity contribution is -0.163. The lowest BCUT2D eigenvalue weighted by Gasteiger charge is -2.33. The van der Waals surface area contributed by atoms with E-state index in [2.05, 4.69) is 15.5 Å². The predicted octanol–water partition coefficient (Wildman–Crippen LogP) is 8.30. The number of nitrogens with one attached hydrogen (secondary N) is 2. The van der Waals surface area contributed by atoms with E-state index in [4.69, 9.17) is 32.9 Å². The van der Waals surface area contributed by atoms with Crippen LogP contribution in [-0.4, -0.2) is 58.2 Å². The Kier molecular flexibility index (Phi) is 12.1. The molecule has 0 bridgehead atoms. The second kappa shape index (κ2) is 16.5. The smallest absolute Gasteiger partial charge is 0.310 e. The van der Waals surface area contributed by atoms with Gasteiger partial charge in [-0.05, 0) is 87.4 Å². The van der Waals surface area contributed by atoms with E-state index < -0.39 is 17.4 Å². The predicted molar refractivity (Wildman–Crippen MR) is 206 cm³/mol. The van der Waals surface area contributed by atoms with E-state index in [0.29, 0.717) is 28.6 Å². The lowest BCUT2D eigenvalue weighted by atomic mass is 9.75. The van der Waals surface area contributed by atoms with E-state index in [1.807, 2.05) is 92.9 Å². The van der Waals surface area contributed by atoms with Gasteiger partial charge in [-0.15, -0.1) is 11.3 Å². The zero-order chi connectivity index (χ0) is 36.1. The number of aromatic nitrogens is 1. The molecule has 4 aromatic rings. The molecule has 3 aromatic carbocycles. The normalized spacial score (nSPS) is 18.1. The second-order valence-corrected chi connectivity index (χ2v) is 17.0. The second-order valence-electron chi connectivity index (χ2n) is 14.1. The zero-order valence-corrected chi connectivity index (χ0v) is 32.1. The number of benzene rings is 3. The highest BCUT2D eigenvalue weighted by molar-refractivity contribution is 8.01. The first kappa shape index (κ1) is 37.4. The van der Waals surface area contributed by atoms with Crippen molar-refractivity contribution in [1.29, 1.82) is 0 Å². The van der Waals surface area contributed by atoms with Crippen LogP contribution in [0.25, 0.3) is 11.3 Å². The van der Waals surface area contributed by atoms with Gasteiger partial charge in [-0.1, -0.05) is 77.4 Å². The molecule has 51 heavy (non-hydrogen) atoms. The quantitative estimate of drug-likeness (QED) is 0.124. The lowest BCUT2D eigenvalue weighted by Crippen LogP contribution is -2.44. The van der Waals surface area contributed by atoms with Gasteiger partial charge < -0.3 is 15.4 Å². The van der Waals surface area contributed by atoms with Gasteiger partial charge in [0.1, 0.15) is 5.60 Å². The number of likely N-dealkylation sites (tertiary alicyclic amines) is 1. The summed E-state index contributed by atoms with van der Waals surface area (Å²) >= 11 is 15.1. The summed E-state index contributed by atoms with van der Waals surface area (Å²) in [5.74, 6) is -1.42. The van der Waals surface area contributed by atoms with E-state index in [-0.39, 0.29) is 29.6 Å². The molecule has 1 aromatic heterocycles. The number of hydrogen-bond donors (Lipinski definition) is 2. The molecular weight excluding hydrogens is 723 g/mol. The molecule has 2 amide bonds. The Hall–Kier alpha value is -3.41. The maximum absolute atomic E-state index is 13.7. The number of nitrogens with zero attached hydrogens (tertiary/aromatic N) is 2. The van der Waals surface area contributed by atoms with Crippen molar-refractivity contribution in [1.82, 2.24) is 15.2 Å². The Balaban J connectivity index is 1.00. The third-order valence-electron chi connectivity index (χ3n) is 9.11. The number of rotatable bonds is 10. The fraction of sp³-hybridized carbons (Fsp3) is 0.385. The highest BCUT2D eigenvalue weighted by atomic mass is 35.5. The molecule has 0 saturated carbocycles. The Labute approximate surface area is 317 Å². The number of thiazole rings is 1. The molecule has 12 heteroatoms. The van der Waals surface area contributed by atoms with Crippen molar-refractivity contribution in [2.45, 2.75) is 69.0 Å². The zero-order valence-electron chi connectivity index (χ0n) is 28.9. The van der Waals surface area contributed by atoms with Crippen LogP contribution in [0.15, 0.2) is 76.4 Å². The standard InChI is InChI=1S/C39H42Cl2N4O4S2/c1-39(2,3)49-37(48)31-20-26-8-5-4-7-25(26)19-30(31)36(47)43-29-10-6-9-27(18-29)34-22-50-38(44-34)51-23-35(46)42-28-13-15-45(16-14-28)21-24-11-12-32(40)33(41)17-24/h4-12,17-18,22,28,30-31H,13-16,19-21,23H2,1-3H3,(H,42,46)(H,43,47)/t30-,31?/m1/s1. The molecule has 8 nitrogen and oxygen atoms in total. The number of piperidine rings is 1. The molecule has 2 N–H and O–H groups in total. The molecule has 6 rings (SSSR count). The van der Waals surface area contributed by atoms with Crippen molar-refractivity contribution in [2.24, 2.45) is 11.8 Å². The van der Waals surface area contributed by atoms with Gasteiger partial charge in [-0.3, -0.25) is 19.3 Å². The van der Waals surface area contributed by atoms with E-state index in [9.17, 15) is 14.4 Å². The summed E-state index contributed by atoms with van der Waals surface area (Å²) in [7, 11) is 0. The number of anilines is 1. The van der Waals surface area contributed by atoms with E-state index >= 15 is 0 Å². The highest BCUT2D eigenvalue weighted by Crippen LogP contribution is 2.34. The van der Waals surface area contributed by atoms with Crippen molar-refractivity contribution < 1.29 is 19.1 Å². The largest absolute Gasteiger partial charge is 0.460 e. The van der Waals surface area contributed by atoms with Crippen molar-refractivity contribution in [3.63, 3.8) is 0 Å². The van der Waals surface area contributed by atoms with E-state index in [1.54, 1.807) is 0 Å². The molecule has 268 valence electrons. The van der Waals surface area contributed by atoms with Crippen LogP contribution in [0.1, 0.15) is 50.3 Å². The number of halogens is 2. The minimum absolute atomic E-state index is 0.000542. The SMILES string of the molecule is CC(C)(C)OC(=O)C1Cc2ccccc2C[C@H]1C(=O)Nc1cccc(-c2csc(SCC(=O)NC3CCN(Cc4ccc(Cl)c(Cl)c4)CC3)n2)c1. The van der Waals surface area contributed by atoms with Crippen molar-refractivity contribution in [3.05, 3.63) is 98.8 Å². The third kappa shape index (κ3) is 10.1. The fourth-order valence-electron chi connectivity index (χ4n) is 6.59. The number of esters is 1. The summed E-state index contributed by atoms with van der Waals surface area (Å²) in [6, 6.07) is 21.4. The van der Waals surface area contributed by atoms with Gasteiger partial charge in [0, 0.05) is 42.3 Å². The number of hydrogen-bond acceptors (Lipinski definition) is 8. The highest BCUT2D eigenvalue weighted by Gasteiger charge is 2.40. The molecule has 1 unspecified atom stereocenters. The number of amides is 2. The summed E-state index contributed by atoms with van der Waals surface area (Å²) in [6.45, 7) is 8.12. The molecule has 0 radical (unpaired) electrons. The first-order valence-electron chi connectivity index (χ1n) is 17.1. The summed E-state index contributed by atoms with van der Waals surface area (Å²) in [5.41, 5.74) is 4.88. The van der Waals surface area contributed by atoms with Crippen molar-refractivity contribution in [3.8, 4) is 11.3 Å². The molecule has 1 aliphatic carbocycles. The fourth-order valence-corrected chi connectivity index (χ4v) is 8.56. The average Bonchev–Trinajstić information content (AvgIpc) is 3.58. The van der Waals surface area contributed by atoms with Crippen LogP contribution in [0.3, 0.4) is 0 Å². The molecule has 2 aliphatic rings. The summed E-state index contributed by atoms with van der Waals surface area (Å²) in [4.78, 5) is 46.9. The number of thioether (sulfide) groups is 1. The first-order chi connectivity index (χ1) is 24.4. The Morgan fingerprint density at radius 3 is 2.37 bits per heavy atom. The third-order valence-corrected chi connectivity index (χ3v) is 11.9.